The van der Waals surface area contributed by atoms with E-state index >= 15 is 0 Å². The number of likely N-dealkylation sites (N-methyl/N-ethyl adjacent to an activating group) is 2. The van der Waals surface area contributed by atoms with Gasteiger partial charge in [0, 0.05) is 26.1 Å². The number of hydrogen-bond acceptors (Lipinski definition) is 5. The Balaban J connectivity index is 1.90. The highest BCUT2D eigenvalue weighted by Gasteiger charge is 2.32. The number of hydrogen-bond donors (Lipinski definition) is 2. The van der Waals surface area contributed by atoms with E-state index in [1.54, 1.807) is 25.1 Å². The van der Waals surface area contributed by atoms with Gasteiger partial charge in [-0.15, -0.1) is 0 Å². The Bertz CT molecular complexity index is 1270. The minimum Gasteiger partial charge on any atom is -0.394 e. The second kappa shape index (κ2) is 14.7. The van der Waals surface area contributed by atoms with Crippen LogP contribution in [0.5, 0.6) is 0 Å². The highest BCUT2D eigenvalue weighted by molar-refractivity contribution is 5.93. The maximum absolute atomic E-state index is 14.1. The predicted octanol–water partition coefficient (Wildman–Crippen LogP) is 3.97. The Labute approximate surface area is 238 Å². The van der Waals surface area contributed by atoms with Crippen LogP contribution in [-0.4, -0.2) is 78.3 Å². The van der Waals surface area contributed by atoms with Crippen molar-refractivity contribution in [2.75, 3.05) is 33.9 Å². The fourth-order valence-corrected chi connectivity index (χ4v) is 4.61. The first-order chi connectivity index (χ1) is 19.1. The average Bonchev–Trinajstić information content (AvgIpc) is 2.94. The first-order valence-corrected chi connectivity index (χ1v) is 13.8. The standard InChI is InChI=1S/C33H43N3O4/c1-33(2,34)18-10-15-31(38)36(4)30(23-26-16-17-27-13-8-9-14-28(27)21-26)32(39)35(3)29(24-40-20-19-37)22-25-11-6-5-7-12-25/h5-17,21,29-30,37H,18-20,22-24,34H2,1-4H3/t29-,30-/m1/s1. The van der Waals surface area contributed by atoms with Crippen LogP contribution in [0.3, 0.4) is 0 Å². The van der Waals surface area contributed by atoms with Crippen LogP contribution >= 0.6 is 0 Å². The summed E-state index contributed by atoms with van der Waals surface area (Å²) in [5.74, 6) is -0.432. The summed E-state index contributed by atoms with van der Waals surface area (Å²) < 4.78 is 5.68. The summed E-state index contributed by atoms with van der Waals surface area (Å²) in [5, 5.41) is 11.4. The summed E-state index contributed by atoms with van der Waals surface area (Å²) >= 11 is 0. The van der Waals surface area contributed by atoms with Crippen LogP contribution in [0.2, 0.25) is 0 Å². The lowest BCUT2D eigenvalue weighted by molar-refractivity contribution is -0.144. The Morgan fingerprint density at radius 3 is 2.27 bits per heavy atom. The molecule has 0 heterocycles. The molecule has 0 saturated carbocycles. The number of amides is 2. The van der Waals surface area contributed by atoms with E-state index in [1.165, 1.54) is 11.0 Å². The molecule has 3 aromatic rings. The summed E-state index contributed by atoms with van der Waals surface area (Å²) in [4.78, 5) is 30.6. The second-order valence-corrected chi connectivity index (χ2v) is 11.0. The molecule has 7 heteroatoms. The van der Waals surface area contributed by atoms with Crippen molar-refractivity contribution in [2.45, 2.75) is 50.7 Å². The summed E-state index contributed by atoms with van der Waals surface area (Å²) in [6, 6.07) is 23.1. The molecule has 2 amide bonds. The highest BCUT2D eigenvalue weighted by Crippen LogP contribution is 2.20. The van der Waals surface area contributed by atoms with Gasteiger partial charge in [0.05, 0.1) is 25.9 Å². The van der Waals surface area contributed by atoms with Crippen LogP contribution < -0.4 is 5.73 Å². The number of fused-ring (bicyclic) bond motifs is 1. The number of ether oxygens (including phenoxy) is 1. The van der Waals surface area contributed by atoms with E-state index in [-0.39, 0.29) is 37.7 Å². The third-order valence-corrected chi connectivity index (χ3v) is 7.00. The smallest absolute Gasteiger partial charge is 0.246 e. The lowest BCUT2D eigenvalue weighted by Gasteiger charge is -2.35. The zero-order valence-electron chi connectivity index (χ0n) is 24.1. The van der Waals surface area contributed by atoms with Crippen molar-refractivity contribution >= 4 is 22.6 Å². The van der Waals surface area contributed by atoms with Crippen LogP contribution in [-0.2, 0) is 27.2 Å². The Morgan fingerprint density at radius 1 is 0.925 bits per heavy atom. The number of nitrogens with zero attached hydrogens (tertiary/aromatic N) is 2. The molecule has 0 aromatic heterocycles. The molecule has 0 spiro atoms. The minimum atomic E-state index is -0.731. The maximum Gasteiger partial charge on any atom is 0.246 e. The van der Waals surface area contributed by atoms with Gasteiger partial charge in [0.2, 0.25) is 11.8 Å². The van der Waals surface area contributed by atoms with Crippen LogP contribution in [0.1, 0.15) is 31.4 Å². The number of benzene rings is 3. The first-order valence-electron chi connectivity index (χ1n) is 13.8. The number of nitrogens with two attached hydrogens (primary N) is 1. The van der Waals surface area contributed by atoms with Gasteiger partial charge in [-0.3, -0.25) is 9.59 Å². The molecule has 0 aliphatic rings. The van der Waals surface area contributed by atoms with Gasteiger partial charge < -0.3 is 25.4 Å². The Hall–Kier alpha value is -3.52. The van der Waals surface area contributed by atoms with E-state index in [2.05, 4.69) is 12.1 Å². The molecule has 3 N–H and O–H groups in total. The van der Waals surface area contributed by atoms with Crippen molar-refractivity contribution in [1.29, 1.82) is 0 Å². The normalized spacial score (nSPS) is 13.3. The molecule has 0 aliphatic heterocycles. The van der Waals surface area contributed by atoms with Gasteiger partial charge in [-0.1, -0.05) is 78.9 Å². The topological polar surface area (TPSA) is 96.1 Å². The van der Waals surface area contributed by atoms with Gasteiger partial charge in [-0.05, 0) is 54.7 Å². The van der Waals surface area contributed by atoms with Gasteiger partial charge in [-0.25, -0.2) is 0 Å². The van der Waals surface area contributed by atoms with Crippen molar-refractivity contribution in [3.63, 3.8) is 0 Å². The largest absolute Gasteiger partial charge is 0.394 e. The van der Waals surface area contributed by atoms with Crippen LogP contribution in [0, 0.1) is 0 Å². The third kappa shape index (κ3) is 9.30. The maximum atomic E-state index is 14.1. The molecular formula is C33H43N3O4. The molecule has 3 aromatic carbocycles. The average molecular weight is 546 g/mol. The van der Waals surface area contributed by atoms with E-state index in [1.807, 2.05) is 74.5 Å². The number of rotatable bonds is 14. The second-order valence-electron chi connectivity index (χ2n) is 11.0. The van der Waals surface area contributed by atoms with E-state index in [9.17, 15) is 14.7 Å². The number of aliphatic hydroxyl groups is 1. The predicted molar refractivity (Wildman–Crippen MR) is 161 cm³/mol. The fraction of sp³-hybridized carbons (Fsp3) is 0.394. The molecule has 0 fully saturated rings. The zero-order chi connectivity index (χ0) is 29.1. The molecule has 0 aliphatic carbocycles. The van der Waals surface area contributed by atoms with Crippen molar-refractivity contribution in [2.24, 2.45) is 5.73 Å². The van der Waals surface area contributed by atoms with Gasteiger partial charge in [-0.2, -0.15) is 0 Å². The quantitative estimate of drug-likeness (QED) is 0.236. The SMILES string of the molecule is CN(C(=O)[C@@H](Cc1ccc2ccccc2c1)N(C)C(=O)C=CCC(C)(C)N)[C@@H](COCCO)Cc1ccccc1. The molecule has 40 heavy (non-hydrogen) atoms. The van der Waals surface area contributed by atoms with Crippen molar-refractivity contribution in [3.8, 4) is 0 Å². The van der Waals surface area contributed by atoms with Crippen molar-refractivity contribution < 1.29 is 19.4 Å². The van der Waals surface area contributed by atoms with Crippen LogP contribution in [0.15, 0.2) is 84.9 Å². The molecule has 214 valence electrons. The fourth-order valence-electron chi connectivity index (χ4n) is 4.61. The molecule has 3 rings (SSSR count). The van der Waals surface area contributed by atoms with Gasteiger partial charge in [0.25, 0.3) is 0 Å². The molecule has 0 radical (unpaired) electrons. The van der Waals surface area contributed by atoms with Gasteiger partial charge in [0.1, 0.15) is 6.04 Å². The van der Waals surface area contributed by atoms with Gasteiger partial charge in [0.15, 0.2) is 0 Å². The Kier molecular flexibility index (Phi) is 11.4. The first kappa shape index (κ1) is 31.0. The zero-order valence-corrected chi connectivity index (χ0v) is 24.1. The summed E-state index contributed by atoms with van der Waals surface area (Å²) in [6.45, 7) is 4.16. The minimum absolute atomic E-state index is 0.0938. The molecule has 0 saturated heterocycles. The van der Waals surface area contributed by atoms with E-state index < -0.39 is 11.6 Å². The van der Waals surface area contributed by atoms with Crippen LogP contribution in [0.25, 0.3) is 10.8 Å². The summed E-state index contributed by atoms with van der Waals surface area (Å²) in [5.41, 5.74) is 7.68. The Morgan fingerprint density at radius 2 is 1.60 bits per heavy atom. The number of aliphatic hydroxyl groups excluding tert-OH is 1. The molecule has 0 unspecified atom stereocenters. The number of carbonyl (C=O) groups excluding carboxylic acids is 2. The van der Waals surface area contributed by atoms with E-state index in [4.69, 9.17) is 10.5 Å². The third-order valence-electron chi connectivity index (χ3n) is 7.00. The monoisotopic (exact) mass is 545 g/mol. The van der Waals surface area contributed by atoms with Crippen molar-refractivity contribution in [3.05, 3.63) is 96.1 Å². The highest BCUT2D eigenvalue weighted by atomic mass is 16.5. The molecule has 2 atom stereocenters. The van der Waals surface area contributed by atoms with E-state index in [0.29, 0.717) is 19.3 Å². The van der Waals surface area contributed by atoms with Crippen molar-refractivity contribution in [1.82, 2.24) is 9.80 Å². The number of carbonyl (C=O) groups is 2. The lowest BCUT2D eigenvalue weighted by Crippen LogP contribution is -2.53. The van der Waals surface area contributed by atoms with Crippen LogP contribution in [0.4, 0.5) is 0 Å². The molecular weight excluding hydrogens is 502 g/mol. The molecule has 7 nitrogen and oxygen atoms in total. The molecule has 0 bridgehead atoms. The summed E-state index contributed by atoms with van der Waals surface area (Å²) in [7, 11) is 3.43. The lowest BCUT2D eigenvalue weighted by atomic mass is 9.98. The van der Waals surface area contributed by atoms with E-state index in [0.717, 1.165) is 21.9 Å². The summed E-state index contributed by atoms with van der Waals surface area (Å²) in [6.07, 6.45) is 4.75. The van der Waals surface area contributed by atoms with Gasteiger partial charge >= 0.3 is 0 Å².